The largest absolute Gasteiger partial charge is 0.323 e. The Bertz CT molecular complexity index is 1010. The zero-order valence-electron chi connectivity index (χ0n) is 16.7. The monoisotopic (exact) mass is 388 g/mol. The molecule has 1 aliphatic rings. The summed E-state index contributed by atoms with van der Waals surface area (Å²) < 4.78 is 1.60. The number of benzene rings is 2. The highest BCUT2D eigenvalue weighted by Gasteiger charge is 2.36. The highest BCUT2D eigenvalue weighted by atomic mass is 16.2. The predicted octanol–water partition coefficient (Wildman–Crippen LogP) is 2.83. The third kappa shape index (κ3) is 4.06. The molecule has 6 nitrogen and oxygen atoms in total. The van der Waals surface area contributed by atoms with Crippen LogP contribution >= 0.6 is 0 Å². The van der Waals surface area contributed by atoms with E-state index in [4.69, 9.17) is 0 Å². The van der Waals surface area contributed by atoms with Crippen LogP contribution in [0.4, 0.5) is 5.69 Å². The molecule has 1 fully saturated rings. The van der Waals surface area contributed by atoms with Gasteiger partial charge in [-0.2, -0.15) is 5.10 Å². The molecule has 1 aliphatic heterocycles. The second-order valence-corrected chi connectivity index (χ2v) is 7.49. The van der Waals surface area contributed by atoms with Crippen molar-refractivity contribution in [2.75, 3.05) is 18.0 Å². The molecule has 1 aromatic heterocycles. The van der Waals surface area contributed by atoms with E-state index in [-0.39, 0.29) is 24.4 Å². The lowest BCUT2D eigenvalue weighted by atomic mass is 10.0. The summed E-state index contributed by atoms with van der Waals surface area (Å²) >= 11 is 0. The number of rotatable bonds is 4. The fourth-order valence-corrected chi connectivity index (χ4v) is 3.72. The lowest BCUT2D eigenvalue weighted by molar-refractivity contribution is -0.121. The summed E-state index contributed by atoms with van der Waals surface area (Å²) in [7, 11) is 1.78. The van der Waals surface area contributed by atoms with E-state index in [0.29, 0.717) is 18.7 Å². The maximum atomic E-state index is 13.1. The van der Waals surface area contributed by atoms with Crippen molar-refractivity contribution in [3.63, 3.8) is 0 Å². The van der Waals surface area contributed by atoms with E-state index < -0.39 is 0 Å². The van der Waals surface area contributed by atoms with Crippen LogP contribution in [0.5, 0.6) is 0 Å². The molecule has 0 aliphatic carbocycles. The number of amides is 2. The van der Waals surface area contributed by atoms with Crippen molar-refractivity contribution in [3.05, 3.63) is 83.7 Å². The Kier molecular flexibility index (Phi) is 5.16. The Morgan fingerprint density at radius 3 is 2.45 bits per heavy atom. The zero-order chi connectivity index (χ0) is 20.4. The molecule has 4 rings (SSSR count). The van der Waals surface area contributed by atoms with Gasteiger partial charge < -0.3 is 9.80 Å². The lowest BCUT2D eigenvalue weighted by Crippen LogP contribution is -2.59. The van der Waals surface area contributed by atoms with Crippen molar-refractivity contribution in [1.29, 1.82) is 0 Å². The molecular formula is C23H24N4O2. The number of anilines is 1. The van der Waals surface area contributed by atoms with Crippen LogP contribution in [0.2, 0.25) is 0 Å². The van der Waals surface area contributed by atoms with Crippen LogP contribution in [0.15, 0.2) is 66.9 Å². The molecule has 29 heavy (non-hydrogen) atoms. The number of aromatic nitrogens is 2. The normalized spacial score (nSPS) is 16.9. The maximum Gasteiger partial charge on any atom is 0.275 e. The fraction of sp³-hybridized carbons (Fsp3) is 0.261. The highest BCUT2D eigenvalue weighted by molar-refractivity contribution is 6.01. The quantitative estimate of drug-likeness (QED) is 0.691. The summed E-state index contributed by atoms with van der Waals surface area (Å²) in [6.07, 6.45) is 2.42. The SMILES string of the molecule is Cc1ccc(N2C[C@@H](Cc3ccccc3)N(C(=O)c3ccn(C)n3)CC2=O)cc1. The van der Waals surface area contributed by atoms with E-state index in [9.17, 15) is 9.59 Å². The molecule has 6 heteroatoms. The van der Waals surface area contributed by atoms with Gasteiger partial charge in [-0.3, -0.25) is 14.3 Å². The number of hydrogen-bond donors (Lipinski definition) is 0. The van der Waals surface area contributed by atoms with E-state index in [2.05, 4.69) is 17.2 Å². The van der Waals surface area contributed by atoms with Gasteiger partial charge in [0.25, 0.3) is 5.91 Å². The molecule has 2 amide bonds. The van der Waals surface area contributed by atoms with Crippen LogP contribution in [-0.2, 0) is 18.3 Å². The van der Waals surface area contributed by atoms with Gasteiger partial charge in [0.2, 0.25) is 5.91 Å². The van der Waals surface area contributed by atoms with Gasteiger partial charge in [0.15, 0.2) is 0 Å². The van der Waals surface area contributed by atoms with E-state index in [1.54, 1.807) is 33.8 Å². The third-order valence-corrected chi connectivity index (χ3v) is 5.29. The van der Waals surface area contributed by atoms with Gasteiger partial charge in [-0.15, -0.1) is 0 Å². The Hall–Kier alpha value is -3.41. The van der Waals surface area contributed by atoms with Crippen LogP contribution < -0.4 is 4.90 Å². The predicted molar refractivity (Wildman–Crippen MR) is 112 cm³/mol. The third-order valence-electron chi connectivity index (χ3n) is 5.29. The van der Waals surface area contributed by atoms with E-state index in [0.717, 1.165) is 16.8 Å². The summed E-state index contributed by atoms with van der Waals surface area (Å²) in [4.78, 5) is 29.5. The zero-order valence-corrected chi connectivity index (χ0v) is 16.7. The molecule has 0 radical (unpaired) electrons. The average molecular weight is 388 g/mol. The smallest absolute Gasteiger partial charge is 0.275 e. The average Bonchev–Trinajstić information content (AvgIpc) is 3.16. The van der Waals surface area contributed by atoms with Crippen LogP contribution in [0, 0.1) is 6.92 Å². The molecule has 0 saturated carbocycles. The molecule has 2 aromatic carbocycles. The van der Waals surface area contributed by atoms with Gasteiger partial charge in [-0.1, -0.05) is 48.0 Å². The van der Waals surface area contributed by atoms with E-state index in [1.807, 2.05) is 49.4 Å². The van der Waals surface area contributed by atoms with Gasteiger partial charge in [-0.25, -0.2) is 0 Å². The molecule has 1 saturated heterocycles. The topological polar surface area (TPSA) is 58.4 Å². The van der Waals surface area contributed by atoms with Crippen molar-refractivity contribution < 1.29 is 9.59 Å². The minimum atomic E-state index is -0.205. The van der Waals surface area contributed by atoms with Crippen molar-refractivity contribution in [3.8, 4) is 0 Å². The summed E-state index contributed by atoms with van der Waals surface area (Å²) in [5, 5.41) is 4.24. The molecule has 0 N–H and O–H groups in total. The first-order chi connectivity index (χ1) is 14.0. The molecule has 3 aromatic rings. The van der Waals surface area contributed by atoms with Gasteiger partial charge >= 0.3 is 0 Å². The molecule has 148 valence electrons. The van der Waals surface area contributed by atoms with Crippen molar-refractivity contribution in [2.45, 2.75) is 19.4 Å². The van der Waals surface area contributed by atoms with Crippen LogP contribution in [0.25, 0.3) is 0 Å². The van der Waals surface area contributed by atoms with Crippen molar-refractivity contribution in [2.24, 2.45) is 7.05 Å². The minimum absolute atomic E-state index is 0.0424. The van der Waals surface area contributed by atoms with Crippen LogP contribution in [0.1, 0.15) is 21.6 Å². The first-order valence-electron chi connectivity index (χ1n) is 9.73. The number of hydrogen-bond acceptors (Lipinski definition) is 3. The Morgan fingerprint density at radius 1 is 1.07 bits per heavy atom. The minimum Gasteiger partial charge on any atom is -0.323 e. The van der Waals surface area contributed by atoms with E-state index >= 15 is 0 Å². The molecule has 0 unspecified atom stereocenters. The molecule has 0 bridgehead atoms. The summed E-state index contributed by atoms with van der Waals surface area (Å²) in [6.45, 7) is 2.52. The molecule has 2 heterocycles. The van der Waals surface area contributed by atoms with Crippen LogP contribution in [0.3, 0.4) is 0 Å². The van der Waals surface area contributed by atoms with Crippen LogP contribution in [-0.4, -0.2) is 45.6 Å². The first kappa shape index (κ1) is 18.9. The van der Waals surface area contributed by atoms with Crippen molar-refractivity contribution >= 4 is 17.5 Å². The number of carbonyl (C=O) groups excluding carboxylic acids is 2. The summed E-state index contributed by atoms with van der Waals surface area (Å²) in [5.74, 6) is -0.286. The van der Waals surface area contributed by atoms with Gasteiger partial charge in [-0.05, 0) is 37.1 Å². The van der Waals surface area contributed by atoms with Crippen molar-refractivity contribution in [1.82, 2.24) is 14.7 Å². The highest BCUT2D eigenvalue weighted by Crippen LogP contribution is 2.24. The Balaban J connectivity index is 1.64. The number of nitrogens with zero attached hydrogens (tertiary/aromatic N) is 4. The maximum absolute atomic E-state index is 13.1. The summed E-state index contributed by atoms with van der Waals surface area (Å²) in [6, 6.07) is 19.5. The Labute approximate surface area is 170 Å². The summed E-state index contributed by atoms with van der Waals surface area (Å²) in [5.41, 5.74) is 3.51. The number of aryl methyl sites for hydroxylation is 2. The second kappa shape index (κ2) is 7.91. The first-order valence-corrected chi connectivity index (χ1v) is 9.73. The van der Waals surface area contributed by atoms with E-state index in [1.165, 1.54) is 0 Å². The number of piperazine rings is 1. The van der Waals surface area contributed by atoms with Gasteiger partial charge in [0.1, 0.15) is 12.2 Å². The molecule has 1 atom stereocenters. The molecular weight excluding hydrogens is 364 g/mol. The standard InChI is InChI=1S/C23H24N4O2/c1-17-8-10-19(11-9-17)26-15-20(14-18-6-4-3-5-7-18)27(16-22(26)28)23(29)21-12-13-25(2)24-21/h3-13,20H,14-16H2,1-2H3/t20-/m1/s1. The van der Waals surface area contributed by atoms with Gasteiger partial charge in [0.05, 0.1) is 6.04 Å². The van der Waals surface area contributed by atoms with Gasteiger partial charge in [0, 0.05) is 25.5 Å². The molecule has 0 spiro atoms. The lowest BCUT2D eigenvalue weighted by Gasteiger charge is -2.41. The second-order valence-electron chi connectivity index (χ2n) is 7.49. The number of carbonyl (C=O) groups is 2. The Morgan fingerprint density at radius 2 is 1.79 bits per heavy atom. The fourth-order valence-electron chi connectivity index (χ4n) is 3.72.